The topological polar surface area (TPSA) is 118 Å². The molecule has 0 aliphatic heterocycles. The van der Waals surface area contributed by atoms with Crippen LogP contribution in [-0.2, 0) is 22.6 Å². The van der Waals surface area contributed by atoms with Gasteiger partial charge in [0, 0.05) is 36.9 Å². The van der Waals surface area contributed by atoms with E-state index in [0.29, 0.717) is 12.2 Å². The second kappa shape index (κ2) is 10.1. The molecule has 0 aromatic carbocycles. The van der Waals surface area contributed by atoms with Crippen molar-refractivity contribution in [1.29, 1.82) is 0 Å². The number of carbonyl (C=O) groups is 2. The van der Waals surface area contributed by atoms with Crippen LogP contribution in [0, 0.1) is 33.1 Å². The average Bonchev–Trinajstić information content (AvgIpc) is 2.70. The Bertz CT molecular complexity index is 1040. The number of ether oxygens (including phenoxy) is 1. The smallest absolute Gasteiger partial charge is 0.429 e. The van der Waals surface area contributed by atoms with Gasteiger partial charge in [0.1, 0.15) is 6.54 Å². The number of pyridine rings is 1. The second-order valence-electron chi connectivity index (χ2n) is 6.54. The van der Waals surface area contributed by atoms with Gasteiger partial charge in [0.2, 0.25) is 11.7 Å². The Morgan fingerprint density at radius 3 is 2.70 bits per heavy atom. The van der Waals surface area contributed by atoms with Gasteiger partial charge in [0.05, 0.1) is 0 Å². The number of terminal acetylenes is 1. The highest BCUT2D eigenvalue weighted by Crippen LogP contribution is 2.06. The lowest BCUT2D eigenvalue weighted by atomic mass is 10.2. The van der Waals surface area contributed by atoms with Gasteiger partial charge in [-0.3, -0.25) is 24.6 Å². The fourth-order valence-corrected chi connectivity index (χ4v) is 2.54. The number of hydrazine groups is 1. The van der Waals surface area contributed by atoms with Crippen LogP contribution < -0.4 is 16.3 Å². The molecule has 10 nitrogen and oxygen atoms in total. The number of aryl methyl sites for hydroxylation is 3. The van der Waals surface area contributed by atoms with Crippen LogP contribution in [0.4, 0.5) is 10.6 Å². The van der Waals surface area contributed by atoms with E-state index in [1.54, 1.807) is 6.92 Å². The molecule has 0 aliphatic carbocycles. The Morgan fingerprint density at radius 2 is 2.03 bits per heavy atom. The number of nitrogens with zero attached hydrogens (tertiary/aromatic N) is 4. The summed E-state index contributed by atoms with van der Waals surface area (Å²) in [6, 6.07) is 3.77. The van der Waals surface area contributed by atoms with E-state index in [4.69, 9.17) is 11.2 Å². The molecule has 0 atom stereocenters. The summed E-state index contributed by atoms with van der Waals surface area (Å²) in [6.45, 7) is 5.31. The summed E-state index contributed by atoms with van der Waals surface area (Å²) in [5.41, 5.74) is 5.09. The lowest BCUT2D eigenvalue weighted by Gasteiger charge is -2.18. The SMILES string of the molecule is C#CCOC(=O)N(C)Nc1ncc(C)n(CC(=O)NCc2ccc(C)nc2C)c1=O. The molecule has 2 aromatic heterocycles. The standard InChI is InChI=1S/C20H24N6O4/c1-6-9-30-20(29)25(5)24-18-19(28)26(14(3)10-22-18)12-17(27)21-11-16-8-7-13(2)23-15(16)4/h1,7-8,10H,9,11-12H2,2-5H3,(H,21,27)(H,22,24). The third-order valence-corrected chi connectivity index (χ3v) is 4.19. The molecular formula is C20H24N6O4. The average molecular weight is 412 g/mol. The van der Waals surface area contributed by atoms with Crippen LogP contribution >= 0.6 is 0 Å². The summed E-state index contributed by atoms with van der Waals surface area (Å²) in [4.78, 5) is 45.2. The zero-order valence-electron chi connectivity index (χ0n) is 17.4. The normalized spacial score (nSPS) is 10.1. The molecule has 2 heterocycles. The number of nitrogens with one attached hydrogen (secondary N) is 2. The third-order valence-electron chi connectivity index (χ3n) is 4.19. The molecule has 2 aromatic rings. The third kappa shape index (κ3) is 5.81. The van der Waals surface area contributed by atoms with E-state index < -0.39 is 11.7 Å². The van der Waals surface area contributed by atoms with E-state index in [0.717, 1.165) is 22.0 Å². The highest BCUT2D eigenvalue weighted by Gasteiger charge is 2.16. The molecule has 0 radical (unpaired) electrons. The van der Waals surface area contributed by atoms with Crippen molar-refractivity contribution in [3.8, 4) is 12.3 Å². The maximum Gasteiger partial charge on any atom is 0.429 e. The van der Waals surface area contributed by atoms with Crippen molar-refractivity contribution < 1.29 is 14.3 Å². The van der Waals surface area contributed by atoms with E-state index in [9.17, 15) is 14.4 Å². The molecule has 0 unspecified atom stereocenters. The van der Waals surface area contributed by atoms with Crippen LogP contribution in [0.15, 0.2) is 23.1 Å². The largest absolute Gasteiger partial charge is 0.435 e. The van der Waals surface area contributed by atoms with Crippen molar-refractivity contribution in [3.63, 3.8) is 0 Å². The molecule has 0 spiro atoms. The summed E-state index contributed by atoms with van der Waals surface area (Å²) >= 11 is 0. The first kappa shape index (κ1) is 22.4. The quantitative estimate of drug-likeness (QED) is 0.512. The van der Waals surface area contributed by atoms with Gasteiger partial charge in [0.25, 0.3) is 5.56 Å². The Labute approximate surface area is 174 Å². The molecule has 0 bridgehead atoms. The van der Waals surface area contributed by atoms with Crippen LogP contribution in [-0.4, -0.2) is 45.2 Å². The van der Waals surface area contributed by atoms with E-state index in [-0.39, 0.29) is 24.9 Å². The lowest BCUT2D eigenvalue weighted by molar-refractivity contribution is -0.121. The molecule has 2 N–H and O–H groups in total. The maximum absolute atomic E-state index is 12.7. The van der Waals surface area contributed by atoms with Crippen LogP contribution in [0.1, 0.15) is 22.6 Å². The molecular weight excluding hydrogens is 388 g/mol. The molecule has 30 heavy (non-hydrogen) atoms. The van der Waals surface area contributed by atoms with Crippen molar-refractivity contribution in [2.24, 2.45) is 0 Å². The van der Waals surface area contributed by atoms with E-state index in [2.05, 4.69) is 26.6 Å². The van der Waals surface area contributed by atoms with E-state index >= 15 is 0 Å². The summed E-state index contributed by atoms with van der Waals surface area (Å²) < 4.78 is 6.01. The number of amides is 2. The molecule has 2 amide bonds. The van der Waals surface area contributed by atoms with Gasteiger partial charge < -0.3 is 10.1 Å². The van der Waals surface area contributed by atoms with Gasteiger partial charge >= 0.3 is 6.09 Å². The number of carbonyl (C=O) groups excluding carboxylic acids is 2. The van der Waals surface area contributed by atoms with Gasteiger partial charge in [0.15, 0.2) is 6.61 Å². The molecule has 0 saturated carbocycles. The van der Waals surface area contributed by atoms with Crippen molar-refractivity contribution in [2.75, 3.05) is 19.1 Å². The van der Waals surface area contributed by atoms with Crippen LogP contribution in [0.2, 0.25) is 0 Å². The van der Waals surface area contributed by atoms with Crippen molar-refractivity contribution in [2.45, 2.75) is 33.9 Å². The predicted molar refractivity (Wildman–Crippen MR) is 110 cm³/mol. The number of aromatic nitrogens is 3. The van der Waals surface area contributed by atoms with Crippen LogP contribution in [0.3, 0.4) is 0 Å². The Morgan fingerprint density at radius 1 is 1.30 bits per heavy atom. The van der Waals surface area contributed by atoms with Gasteiger partial charge in [-0.25, -0.2) is 14.8 Å². The molecule has 2 rings (SSSR count). The van der Waals surface area contributed by atoms with Crippen molar-refractivity contribution in [3.05, 3.63) is 51.3 Å². The zero-order chi connectivity index (χ0) is 22.3. The minimum atomic E-state index is -0.777. The molecule has 0 fully saturated rings. The van der Waals surface area contributed by atoms with Gasteiger partial charge in [-0.05, 0) is 32.4 Å². The first-order valence-electron chi connectivity index (χ1n) is 9.09. The first-order chi connectivity index (χ1) is 14.2. The summed E-state index contributed by atoms with van der Waals surface area (Å²) in [6.07, 6.45) is 5.69. The Hall–Kier alpha value is -3.87. The zero-order valence-corrected chi connectivity index (χ0v) is 17.4. The van der Waals surface area contributed by atoms with Crippen molar-refractivity contribution >= 4 is 17.8 Å². The minimum Gasteiger partial charge on any atom is -0.435 e. The predicted octanol–water partition coefficient (Wildman–Crippen LogP) is 0.908. The van der Waals surface area contributed by atoms with E-state index in [1.165, 1.54) is 17.8 Å². The number of hydrogen-bond acceptors (Lipinski definition) is 7. The first-order valence-corrected chi connectivity index (χ1v) is 9.09. The number of rotatable bonds is 7. The number of anilines is 1. The van der Waals surface area contributed by atoms with Crippen LogP contribution in [0.5, 0.6) is 0 Å². The second-order valence-corrected chi connectivity index (χ2v) is 6.54. The summed E-state index contributed by atoms with van der Waals surface area (Å²) in [7, 11) is 1.36. The van der Waals surface area contributed by atoms with Gasteiger partial charge in [-0.15, -0.1) is 6.42 Å². The van der Waals surface area contributed by atoms with E-state index in [1.807, 2.05) is 26.0 Å². The Balaban J connectivity index is 2.07. The summed E-state index contributed by atoms with van der Waals surface area (Å²) in [5.74, 6) is 1.69. The molecule has 0 saturated heterocycles. The molecule has 0 aliphatic rings. The van der Waals surface area contributed by atoms with Gasteiger partial charge in [-0.1, -0.05) is 12.0 Å². The highest BCUT2D eigenvalue weighted by molar-refractivity contribution is 5.76. The van der Waals surface area contributed by atoms with Gasteiger partial charge in [-0.2, -0.15) is 0 Å². The summed E-state index contributed by atoms with van der Waals surface area (Å²) in [5, 5.41) is 3.72. The minimum absolute atomic E-state index is 0.132. The lowest BCUT2D eigenvalue weighted by Crippen LogP contribution is -2.39. The fourth-order valence-electron chi connectivity index (χ4n) is 2.54. The fraction of sp³-hybridized carbons (Fsp3) is 0.350. The van der Waals surface area contributed by atoms with Crippen LogP contribution in [0.25, 0.3) is 0 Å². The number of hydrogen-bond donors (Lipinski definition) is 2. The highest BCUT2D eigenvalue weighted by atomic mass is 16.6. The maximum atomic E-state index is 12.7. The monoisotopic (exact) mass is 412 g/mol. The molecule has 10 heteroatoms. The Kier molecular flexibility index (Phi) is 7.52. The van der Waals surface area contributed by atoms with Crippen molar-refractivity contribution in [1.82, 2.24) is 24.9 Å². The molecule has 158 valence electrons.